The van der Waals surface area contributed by atoms with Gasteiger partial charge in [0.25, 0.3) is 0 Å². The summed E-state index contributed by atoms with van der Waals surface area (Å²) in [6, 6.07) is 8.73. The van der Waals surface area contributed by atoms with Crippen molar-refractivity contribution in [2.45, 2.75) is 26.9 Å². The van der Waals surface area contributed by atoms with Crippen molar-refractivity contribution in [1.29, 1.82) is 0 Å². The Morgan fingerprint density at radius 3 is 1.45 bits per heavy atom. The van der Waals surface area contributed by atoms with E-state index in [2.05, 4.69) is 43.4 Å². The third-order valence-electron chi connectivity index (χ3n) is 3.58. The van der Waals surface area contributed by atoms with Crippen LogP contribution in [0.3, 0.4) is 0 Å². The van der Waals surface area contributed by atoms with E-state index in [0.717, 1.165) is 24.7 Å². The molecule has 0 amide bonds. The van der Waals surface area contributed by atoms with Crippen LogP contribution in [0.25, 0.3) is 0 Å². The van der Waals surface area contributed by atoms with E-state index in [0.29, 0.717) is 0 Å². The minimum Gasteiger partial charge on any atom is -0.331 e. The number of hydrogen-bond donors (Lipinski definition) is 0. The van der Waals surface area contributed by atoms with Gasteiger partial charge in [0.2, 0.25) is 0 Å². The quantitative estimate of drug-likeness (QED) is 0.728. The fourth-order valence-electron chi connectivity index (χ4n) is 2.29. The molecule has 20 heavy (non-hydrogen) atoms. The van der Waals surface area contributed by atoms with Crippen molar-refractivity contribution in [3.05, 3.63) is 71.8 Å². The van der Waals surface area contributed by atoms with Gasteiger partial charge in [-0.2, -0.15) is 0 Å². The standard InChI is InChI=1S/C16H18N4/c1-13-17-7-9-19(13)11-15-3-5-16(6-4-15)12-20-10-8-18-14(20)2/h3-10H,11-12H2,1-2H3. The van der Waals surface area contributed by atoms with Crippen LogP contribution in [0.4, 0.5) is 0 Å². The molecule has 0 bridgehead atoms. The van der Waals surface area contributed by atoms with Crippen LogP contribution < -0.4 is 0 Å². The number of nitrogens with zero attached hydrogens (tertiary/aromatic N) is 4. The summed E-state index contributed by atoms with van der Waals surface area (Å²) in [5.74, 6) is 2.09. The normalized spacial score (nSPS) is 10.9. The van der Waals surface area contributed by atoms with Crippen LogP contribution in [0.5, 0.6) is 0 Å². The lowest BCUT2D eigenvalue weighted by Crippen LogP contribution is -2.03. The molecular weight excluding hydrogens is 248 g/mol. The van der Waals surface area contributed by atoms with Gasteiger partial charge in [-0.1, -0.05) is 24.3 Å². The predicted octanol–water partition coefficient (Wildman–Crippen LogP) is 2.79. The Kier molecular flexibility index (Phi) is 3.37. The van der Waals surface area contributed by atoms with Crippen LogP contribution in [-0.2, 0) is 13.1 Å². The Morgan fingerprint density at radius 2 is 1.15 bits per heavy atom. The first kappa shape index (κ1) is 12.7. The highest BCUT2D eigenvalue weighted by atomic mass is 15.1. The van der Waals surface area contributed by atoms with Crippen molar-refractivity contribution in [2.75, 3.05) is 0 Å². The number of aromatic nitrogens is 4. The summed E-state index contributed by atoms with van der Waals surface area (Å²) in [5, 5.41) is 0. The first-order valence-corrected chi connectivity index (χ1v) is 6.75. The lowest BCUT2D eigenvalue weighted by Gasteiger charge is -2.08. The Hall–Kier alpha value is -2.36. The molecule has 0 N–H and O–H groups in total. The van der Waals surface area contributed by atoms with Gasteiger partial charge in [-0.15, -0.1) is 0 Å². The smallest absolute Gasteiger partial charge is 0.105 e. The van der Waals surface area contributed by atoms with Gasteiger partial charge in [-0.25, -0.2) is 9.97 Å². The van der Waals surface area contributed by atoms with Gasteiger partial charge in [0.1, 0.15) is 11.6 Å². The molecule has 3 rings (SSSR count). The summed E-state index contributed by atoms with van der Waals surface area (Å²) in [6.45, 7) is 5.79. The van der Waals surface area contributed by atoms with Crippen LogP contribution in [0, 0.1) is 13.8 Å². The van der Waals surface area contributed by atoms with E-state index >= 15 is 0 Å². The van der Waals surface area contributed by atoms with Crippen molar-refractivity contribution in [3.63, 3.8) is 0 Å². The van der Waals surface area contributed by atoms with Crippen LogP contribution >= 0.6 is 0 Å². The molecule has 0 saturated heterocycles. The highest BCUT2D eigenvalue weighted by Gasteiger charge is 2.01. The molecular formula is C16H18N4. The number of rotatable bonds is 4. The third-order valence-corrected chi connectivity index (χ3v) is 3.58. The lowest BCUT2D eigenvalue weighted by molar-refractivity contribution is 0.751. The number of benzene rings is 1. The monoisotopic (exact) mass is 266 g/mol. The summed E-state index contributed by atoms with van der Waals surface area (Å²) < 4.78 is 4.30. The average Bonchev–Trinajstić information content (AvgIpc) is 3.02. The van der Waals surface area contributed by atoms with Gasteiger partial charge in [0, 0.05) is 37.9 Å². The van der Waals surface area contributed by atoms with Gasteiger partial charge in [-0.05, 0) is 25.0 Å². The fraction of sp³-hybridized carbons (Fsp3) is 0.250. The summed E-state index contributed by atoms with van der Waals surface area (Å²) in [4.78, 5) is 8.49. The number of hydrogen-bond acceptors (Lipinski definition) is 2. The Bertz CT molecular complexity index is 630. The predicted molar refractivity (Wildman–Crippen MR) is 78.6 cm³/mol. The molecule has 1 aromatic carbocycles. The van der Waals surface area contributed by atoms with E-state index in [1.165, 1.54) is 11.1 Å². The van der Waals surface area contributed by atoms with E-state index in [1.54, 1.807) is 0 Å². The zero-order valence-electron chi connectivity index (χ0n) is 11.8. The minimum atomic E-state index is 0.871. The average molecular weight is 266 g/mol. The van der Waals surface area contributed by atoms with Gasteiger partial charge >= 0.3 is 0 Å². The summed E-state index contributed by atoms with van der Waals surface area (Å²) >= 11 is 0. The highest BCUT2D eigenvalue weighted by Crippen LogP contribution is 2.10. The molecule has 0 unspecified atom stereocenters. The molecule has 0 aliphatic carbocycles. The van der Waals surface area contributed by atoms with E-state index in [1.807, 2.05) is 38.6 Å². The van der Waals surface area contributed by atoms with Crippen LogP contribution in [-0.4, -0.2) is 19.1 Å². The van der Waals surface area contributed by atoms with Gasteiger partial charge in [0.15, 0.2) is 0 Å². The maximum absolute atomic E-state index is 4.24. The first-order valence-electron chi connectivity index (χ1n) is 6.75. The molecule has 102 valence electrons. The van der Waals surface area contributed by atoms with Gasteiger partial charge in [0.05, 0.1) is 0 Å². The van der Waals surface area contributed by atoms with Crippen molar-refractivity contribution in [2.24, 2.45) is 0 Å². The molecule has 0 atom stereocenters. The molecule has 0 fully saturated rings. The molecule has 2 heterocycles. The second kappa shape index (κ2) is 5.33. The van der Waals surface area contributed by atoms with Crippen LogP contribution in [0.1, 0.15) is 22.8 Å². The largest absolute Gasteiger partial charge is 0.331 e. The summed E-state index contributed by atoms with van der Waals surface area (Å²) in [7, 11) is 0. The second-order valence-electron chi connectivity index (χ2n) is 5.02. The van der Waals surface area contributed by atoms with Gasteiger partial charge in [-0.3, -0.25) is 0 Å². The molecule has 0 aliphatic heterocycles. The minimum absolute atomic E-state index is 0.871. The van der Waals surface area contributed by atoms with Crippen molar-refractivity contribution < 1.29 is 0 Å². The zero-order chi connectivity index (χ0) is 13.9. The molecule has 0 saturated carbocycles. The molecule has 4 nitrogen and oxygen atoms in total. The summed E-state index contributed by atoms with van der Waals surface area (Å²) in [5.41, 5.74) is 2.58. The molecule has 4 heteroatoms. The van der Waals surface area contributed by atoms with Crippen molar-refractivity contribution >= 4 is 0 Å². The zero-order valence-corrected chi connectivity index (χ0v) is 11.8. The maximum atomic E-state index is 4.24. The van der Waals surface area contributed by atoms with Crippen molar-refractivity contribution in [3.8, 4) is 0 Å². The second-order valence-corrected chi connectivity index (χ2v) is 5.02. The van der Waals surface area contributed by atoms with Crippen LogP contribution in [0.15, 0.2) is 49.1 Å². The SMILES string of the molecule is Cc1nccn1Cc1ccc(Cn2ccnc2C)cc1. The fourth-order valence-corrected chi connectivity index (χ4v) is 2.29. The Balaban J connectivity index is 1.72. The topological polar surface area (TPSA) is 35.6 Å². The first-order chi connectivity index (χ1) is 9.72. The molecule has 0 spiro atoms. The van der Waals surface area contributed by atoms with E-state index in [4.69, 9.17) is 0 Å². The molecule has 2 aromatic heterocycles. The number of aryl methyl sites for hydroxylation is 2. The molecule has 0 radical (unpaired) electrons. The molecule has 0 aliphatic rings. The Labute approximate surface area is 118 Å². The maximum Gasteiger partial charge on any atom is 0.105 e. The van der Waals surface area contributed by atoms with E-state index in [9.17, 15) is 0 Å². The van der Waals surface area contributed by atoms with Gasteiger partial charge < -0.3 is 9.13 Å². The Morgan fingerprint density at radius 1 is 0.750 bits per heavy atom. The lowest BCUT2D eigenvalue weighted by atomic mass is 10.1. The van der Waals surface area contributed by atoms with Crippen molar-refractivity contribution in [1.82, 2.24) is 19.1 Å². The highest BCUT2D eigenvalue weighted by molar-refractivity contribution is 5.23. The summed E-state index contributed by atoms with van der Waals surface area (Å²) in [6.07, 6.45) is 7.70. The third kappa shape index (κ3) is 2.64. The van der Waals surface area contributed by atoms with Crippen LogP contribution in [0.2, 0.25) is 0 Å². The van der Waals surface area contributed by atoms with E-state index in [-0.39, 0.29) is 0 Å². The molecule has 3 aromatic rings. The van der Waals surface area contributed by atoms with E-state index < -0.39 is 0 Å². The number of imidazole rings is 2.